The molecule has 1 saturated carbocycles. The lowest BCUT2D eigenvalue weighted by molar-refractivity contribution is -0.145. The molecule has 1 unspecified atom stereocenters. The molecule has 1 atom stereocenters. The Balaban J connectivity index is 2.16. The summed E-state index contributed by atoms with van der Waals surface area (Å²) in [6.07, 6.45) is 2.37. The Morgan fingerprint density at radius 2 is 2.38 bits per heavy atom. The van der Waals surface area contributed by atoms with Gasteiger partial charge in [0.05, 0.1) is 0 Å². The van der Waals surface area contributed by atoms with Crippen LogP contribution in [0.25, 0.3) is 0 Å². The van der Waals surface area contributed by atoms with Crippen LogP contribution in [-0.4, -0.2) is 17.6 Å². The second-order valence-electron chi connectivity index (χ2n) is 4.36. The Morgan fingerprint density at radius 3 is 2.81 bits per heavy atom. The number of carbonyl (C=O) groups is 1. The molecule has 0 aliphatic heterocycles. The summed E-state index contributed by atoms with van der Waals surface area (Å²) in [6, 6.07) is 3.38. The summed E-state index contributed by atoms with van der Waals surface area (Å²) in [6.45, 7) is 2.35. The van der Waals surface area contributed by atoms with Gasteiger partial charge in [0.1, 0.15) is 5.76 Å². The number of halogens is 1. The normalized spacial score (nSPS) is 19.4. The topological polar surface area (TPSA) is 62.5 Å². The summed E-state index contributed by atoms with van der Waals surface area (Å²) in [5.41, 5.74) is -1.14. The SMILES string of the molecule is CC(NCC1CC1)(C(=O)O)c1ccc(Br)o1. The number of rotatable bonds is 5. The van der Waals surface area contributed by atoms with Crippen LogP contribution >= 0.6 is 15.9 Å². The monoisotopic (exact) mass is 287 g/mol. The van der Waals surface area contributed by atoms with Crippen LogP contribution in [0.3, 0.4) is 0 Å². The lowest BCUT2D eigenvalue weighted by atomic mass is 9.99. The van der Waals surface area contributed by atoms with Gasteiger partial charge in [-0.25, -0.2) is 4.79 Å². The Labute approximate surface area is 102 Å². The zero-order valence-electron chi connectivity index (χ0n) is 9.00. The minimum atomic E-state index is -1.14. The standard InChI is InChI=1S/C11H14BrNO3/c1-11(10(14)15,13-6-7-2-3-7)8-4-5-9(12)16-8/h4-5,7,13H,2-3,6H2,1H3,(H,14,15). The predicted molar refractivity (Wildman–Crippen MR) is 62.1 cm³/mol. The molecule has 4 nitrogen and oxygen atoms in total. The fourth-order valence-electron chi connectivity index (χ4n) is 1.52. The fraction of sp³-hybridized carbons (Fsp3) is 0.545. The minimum absolute atomic E-state index is 0.424. The van der Waals surface area contributed by atoms with Crippen molar-refractivity contribution < 1.29 is 14.3 Å². The molecule has 0 radical (unpaired) electrons. The molecule has 1 fully saturated rings. The van der Waals surface area contributed by atoms with Crippen molar-refractivity contribution >= 4 is 21.9 Å². The number of aliphatic carboxylic acids is 1. The van der Waals surface area contributed by atoms with Gasteiger partial charge in [0.2, 0.25) is 0 Å². The van der Waals surface area contributed by atoms with Gasteiger partial charge < -0.3 is 9.52 Å². The first kappa shape index (κ1) is 11.7. The van der Waals surface area contributed by atoms with Crippen molar-refractivity contribution in [2.45, 2.75) is 25.3 Å². The van der Waals surface area contributed by atoms with Crippen molar-refractivity contribution in [1.29, 1.82) is 0 Å². The molecule has 2 N–H and O–H groups in total. The summed E-state index contributed by atoms with van der Waals surface area (Å²) in [5.74, 6) is 0.125. The van der Waals surface area contributed by atoms with Gasteiger partial charge in [-0.15, -0.1) is 0 Å². The molecule has 1 aromatic rings. The number of nitrogens with one attached hydrogen (secondary N) is 1. The van der Waals surface area contributed by atoms with E-state index >= 15 is 0 Å². The molecule has 1 aromatic heterocycles. The zero-order valence-corrected chi connectivity index (χ0v) is 10.6. The third-order valence-corrected chi connectivity index (χ3v) is 3.36. The van der Waals surface area contributed by atoms with Crippen molar-refractivity contribution in [2.75, 3.05) is 6.54 Å². The van der Waals surface area contributed by atoms with Crippen LogP contribution < -0.4 is 5.32 Å². The number of carboxylic acids is 1. The second kappa shape index (κ2) is 4.22. The van der Waals surface area contributed by atoms with Crippen LogP contribution in [0.4, 0.5) is 0 Å². The Morgan fingerprint density at radius 1 is 1.69 bits per heavy atom. The highest BCUT2D eigenvalue weighted by molar-refractivity contribution is 9.10. The molecule has 1 aliphatic carbocycles. The highest BCUT2D eigenvalue weighted by Gasteiger charge is 2.39. The van der Waals surface area contributed by atoms with Gasteiger partial charge in [0.25, 0.3) is 0 Å². The number of carboxylic acid groups (broad SMARTS) is 1. The van der Waals surface area contributed by atoms with Crippen molar-refractivity contribution in [3.8, 4) is 0 Å². The van der Waals surface area contributed by atoms with Gasteiger partial charge in [0.15, 0.2) is 10.2 Å². The largest absolute Gasteiger partial charge is 0.480 e. The highest BCUT2D eigenvalue weighted by atomic mass is 79.9. The van der Waals surface area contributed by atoms with E-state index in [0.29, 0.717) is 16.3 Å². The van der Waals surface area contributed by atoms with Gasteiger partial charge >= 0.3 is 5.97 Å². The van der Waals surface area contributed by atoms with E-state index in [1.165, 1.54) is 12.8 Å². The first-order chi connectivity index (χ1) is 7.52. The van der Waals surface area contributed by atoms with Crippen molar-refractivity contribution in [2.24, 2.45) is 5.92 Å². The predicted octanol–water partition coefficient (Wildman–Crippen LogP) is 2.34. The van der Waals surface area contributed by atoms with E-state index in [4.69, 9.17) is 4.42 Å². The molecule has 5 heteroatoms. The molecule has 2 rings (SSSR count). The summed E-state index contributed by atoms with van der Waals surface area (Å²) in [5, 5.41) is 12.4. The van der Waals surface area contributed by atoms with Crippen molar-refractivity contribution in [1.82, 2.24) is 5.32 Å². The Hall–Kier alpha value is -0.810. The summed E-state index contributed by atoms with van der Waals surface area (Å²) in [7, 11) is 0. The Bertz CT molecular complexity index is 400. The van der Waals surface area contributed by atoms with Crippen LogP contribution in [0.1, 0.15) is 25.5 Å². The van der Waals surface area contributed by atoms with E-state index in [-0.39, 0.29) is 0 Å². The maximum atomic E-state index is 11.3. The van der Waals surface area contributed by atoms with E-state index in [2.05, 4.69) is 21.2 Å². The van der Waals surface area contributed by atoms with Crippen LogP contribution in [0.15, 0.2) is 21.2 Å². The zero-order chi connectivity index (χ0) is 11.8. The van der Waals surface area contributed by atoms with Gasteiger partial charge in [-0.05, 0) is 60.3 Å². The molecule has 0 spiro atoms. The third kappa shape index (κ3) is 2.30. The fourth-order valence-corrected chi connectivity index (χ4v) is 1.83. The average molecular weight is 288 g/mol. The van der Waals surface area contributed by atoms with E-state index in [1.54, 1.807) is 19.1 Å². The van der Waals surface area contributed by atoms with Crippen LogP contribution in [0.2, 0.25) is 0 Å². The molecule has 0 bridgehead atoms. The lowest BCUT2D eigenvalue weighted by Gasteiger charge is -2.24. The number of hydrogen-bond donors (Lipinski definition) is 2. The lowest BCUT2D eigenvalue weighted by Crippen LogP contribution is -2.47. The van der Waals surface area contributed by atoms with Gasteiger partial charge in [-0.1, -0.05) is 0 Å². The molecule has 1 heterocycles. The quantitative estimate of drug-likeness (QED) is 0.873. The minimum Gasteiger partial charge on any atom is -0.480 e. The first-order valence-corrected chi connectivity index (χ1v) is 6.06. The molecule has 0 saturated heterocycles. The second-order valence-corrected chi connectivity index (χ2v) is 5.14. The smallest absolute Gasteiger partial charge is 0.331 e. The average Bonchev–Trinajstić information content (AvgIpc) is 2.96. The first-order valence-electron chi connectivity index (χ1n) is 5.26. The Kier molecular flexibility index (Phi) is 3.08. The van der Waals surface area contributed by atoms with Gasteiger partial charge in [-0.2, -0.15) is 0 Å². The van der Waals surface area contributed by atoms with E-state index in [1.807, 2.05) is 0 Å². The van der Waals surface area contributed by atoms with E-state index in [9.17, 15) is 9.90 Å². The van der Waals surface area contributed by atoms with Gasteiger partial charge in [-0.3, -0.25) is 5.32 Å². The number of hydrogen-bond acceptors (Lipinski definition) is 3. The summed E-state index contributed by atoms with van der Waals surface area (Å²) in [4.78, 5) is 11.3. The third-order valence-electron chi connectivity index (χ3n) is 2.93. The summed E-state index contributed by atoms with van der Waals surface area (Å²) < 4.78 is 5.88. The van der Waals surface area contributed by atoms with Crippen LogP contribution in [-0.2, 0) is 10.3 Å². The van der Waals surface area contributed by atoms with Crippen LogP contribution in [0, 0.1) is 5.92 Å². The molecule has 88 valence electrons. The molecular formula is C11H14BrNO3. The number of furan rings is 1. The molecule has 0 amide bonds. The highest BCUT2D eigenvalue weighted by Crippen LogP contribution is 2.31. The molecular weight excluding hydrogens is 274 g/mol. The maximum absolute atomic E-state index is 11.3. The molecule has 1 aliphatic rings. The summed E-state index contributed by atoms with van der Waals surface area (Å²) >= 11 is 3.18. The van der Waals surface area contributed by atoms with E-state index < -0.39 is 11.5 Å². The van der Waals surface area contributed by atoms with E-state index in [0.717, 1.165) is 6.54 Å². The van der Waals surface area contributed by atoms with Crippen molar-refractivity contribution in [3.63, 3.8) is 0 Å². The maximum Gasteiger partial charge on any atom is 0.331 e. The van der Waals surface area contributed by atoms with Crippen LogP contribution in [0.5, 0.6) is 0 Å². The molecule has 0 aromatic carbocycles. The molecule has 16 heavy (non-hydrogen) atoms. The van der Waals surface area contributed by atoms with Gasteiger partial charge in [0, 0.05) is 0 Å². The van der Waals surface area contributed by atoms with Crippen molar-refractivity contribution in [3.05, 3.63) is 22.6 Å².